The van der Waals surface area contributed by atoms with E-state index in [1.165, 1.54) is 19.3 Å². The summed E-state index contributed by atoms with van der Waals surface area (Å²) in [5, 5.41) is 5.57. The molecule has 0 saturated heterocycles. The molecule has 1 aliphatic carbocycles. The van der Waals surface area contributed by atoms with Crippen molar-refractivity contribution in [1.29, 1.82) is 0 Å². The molecule has 3 heteroatoms. The summed E-state index contributed by atoms with van der Waals surface area (Å²) in [6, 6.07) is 6.83. The summed E-state index contributed by atoms with van der Waals surface area (Å²) in [7, 11) is 0. The van der Waals surface area contributed by atoms with Gasteiger partial charge in [-0.3, -0.25) is 0 Å². The van der Waals surface area contributed by atoms with Crippen molar-refractivity contribution in [2.45, 2.75) is 56.4 Å². The summed E-state index contributed by atoms with van der Waals surface area (Å²) in [6.45, 7) is 8.16. The summed E-state index contributed by atoms with van der Waals surface area (Å²) in [4.78, 5) is 4.48. The molecule has 4 atom stereocenters. The van der Waals surface area contributed by atoms with Gasteiger partial charge in [0.2, 0.25) is 0 Å². The van der Waals surface area contributed by atoms with Crippen molar-refractivity contribution in [2.75, 3.05) is 6.54 Å². The molecule has 2 rings (SSSR count). The highest BCUT2D eigenvalue weighted by molar-refractivity contribution is 7.99. The molecular weight excluding hydrogens is 252 g/mol. The van der Waals surface area contributed by atoms with Gasteiger partial charge < -0.3 is 5.32 Å². The van der Waals surface area contributed by atoms with Gasteiger partial charge in [-0.25, -0.2) is 4.98 Å². The van der Waals surface area contributed by atoms with Gasteiger partial charge in [-0.15, -0.1) is 11.8 Å². The Morgan fingerprint density at radius 1 is 1.32 bits per heavy atom. The summed E-state index contributed by atoms with van der Waals surface area (Å²) in [6.07, 6.45) is 5.75. The largest absolute Gasteiger partial charge is 0.313 e. The highest BCUT2D eigenvalue weighted by Crippen LogP contribution is 2.39. The van der Waals surface area contributed by atoms with Gasteiger partial charge in [0.1, 0.15) is 0 Å². The maximum Gasteiger partial charge on any atom is 0.0963 e. The molecule has 0 amide bonds. The van der Waals surface area contributed by atoms with E-state index in [2.05, 4.69) is 43.2 Å². The van der Waals surface area contributed by atoms with Gasteiger partial charge in [-0.1, -0.05) is 26.8 Å². The number of hydrogen-bond donors (Lipinski definition) is 1. The van der Waals surface area contributed by atoms with Crippen LogP contribution in [0.15, 0.2) is 29.4 Å². The lowest BCUT2D eigenvalue weighted by atomic mass is 9.80. The van der Waals surface area contributed by atoms with Gasteiger partial charge >= 0.3 is 0 Å². The Hall–Kier alpha value is -0.540. The van der Waals surface area contributed by atoms with E-state index in [0.717, 1.165) is 23.4 Å². The number of nitrogens with zero attached hydrogens (tertiary/aromatic N) is 1. The standard InChI is InChI=1S/C16H26N2S/c1-4-8-17-14-11-12(2)10-13(3)16(14)19-15-7-5-6-9-18-15/h5-7,9,12-14,16-17H,4,8,10-11H2,1-3H3. The first-order valence-electron chi connectivity index (χ1n) is 7.51. The zero-order valence-corrected chi connectivity index (χ0v) is 13.1. The predicted octanol–water partition coefficient (Wildman–Crippen LogP) is 3.98. The van der Waals surface area contributed by atoms with Crippen molar-refractivity contribution in [1.82, 2.24) is 10.3 Å². The van der Waals surface area contributed by atoms with E-state index in [-0.39, 0.29) is 0 Å². The molecule has 0 aliphatic heterocycles. The Morgan fingerprint density at radius 3 is 2.84 bits per heavy atom. The van der Waals surface area contributed by atoms with Crippen LogP contribution >= 0.6 is 11.8 Å². The maximum atomic E-state index is 4.48. The van der Waals surface area contributed by atoms with Gasteiger partial charge in [0.25, 0.3) is 0 Å². The number of thioether (sulfide) groups is 1. The van der Waals surface area contributed by atoms with Gasteiger partial charge in [-0.2, -0.15) is 0 Å². The van der Waals surface area contributed by atoms with Gasteiger partial charge in [-0.05, 0) is 49.8 Å². The van der Waals surface area contributed by atoms with Crippen LogP contribution in [0, 0.1) is 11.8 Å². The fraction of sp³-hybridized carbons (Fsp3) is 0.688. The van der Waals surface area contributed by atoms with Crippen LogP contribution in [0.4, 0.5) is 0 Å². The van der Waals surface area contributed by atoms with Crippen molar-refractivity contribution in [2.24, 2.45) is 11.8 Å². The highest BCUT2D eigenvalue weighted by Gasteiger charge is 2.34. The van der Waals surface area contributed by atoms with E-state index in [9.17, 15) is 0 Å². The summed E-state index contributed by atoms with van der Waals surface area (Å²) >= 11 is 1.96. The molecule has 1 heterocycles. The fourth-order valence-corrected chi connectivity index (χ4v) is 4.39. The van der Waals surface area contributed by atoms with Crippen molar-refractivity contribution in [3.8, 4) is 0 Å². The molecule has 1 aliphatic rings. The molecule has 19 heavy (non-hydrogen) atoms. The van der Waals surface area contributed by atoms with E-state index in [0.29, 0.717) is 11.3 Å². The first-order valence-corrected chi connectivity index (χ1v) is 8.39. The molecule has 106 valence electrons. The number of nitrogens with one attached hydrogen (secondary N) is 1. The minimum absolute atomic E-state index is 0.630. The second-order valence-electron chi connectivity index (χ2n) is 5.86. The lowest BCUT2D eigenvalue weighted by Gasteiger charge is -2.39. The van der Waals surface area contributed by atoms with E-state index in [4.69, 9.17) is 0 Å². The molecule has 2 nitrogen and oxygen atoms in total. The van der Waals surface area contributed by atoms with E-state index in [1.807, 2.05) is 24.0 Å². The second-order valence-corrected chi connectivity index (χ2v) is 7.06. The fourth-order valence-electron chi connectivity index (χ4n) is 3.11. The van der Waals surface area contributed by atoms with Crippen LogP contribution in [-0.4, -0.2) is 22.8 Å². The minimum atomic E-state index is 0.630. The average Bonchev–Trinajstić information content (AvgIpc) is 2.41. The third-order valence-corrected chi connectivity index (χ3v) is 5.49. The number of rotatable bonds is 5. The van der Waals surface area contributed by atoms with E-state index < -0.39 is 0 Å². The van der Waals surface area contributed by atoms with Crippen LogP contribution in [-0.2, 0) is 0 Å². The topological polar surface area (TPSA) is 24.9 Å². The predicted molar refractivity (Wildman–Crippen MR) is 83.5 cm³/mol. The normalized spacial score (nSPS) is 31.3. The van der Waals surface area contributed by atoms with Crippen LogP contribution < -0.4 is 5.32 Å². The Kier molecular flexibility index (Phi) is 5.71. The van der Waals surface area contributed by atoms with Crippen LogP contribution in [0.1, 0.15) is 40.0 Å². The molecule has 0 bridgehead atoms. The van der Waals surface area contributed by atoms with Crippen LogP contribution in [0.2, 0.25) is 0 Å². The van der Waals surface area contributed by atoms with Gasteiger partial charge in [0.15, 0.2) is 0 Å². The van der Waals surface area contributed by atoms with Crippen LogP contribution in [0.25, 0.3) is 0 Å². The Bertz CT molecular complexity index is 368. The lowest BCUT2D eigenvalue weighted by Crippen LogP contribution is -2.46. The monoisotopic (exact) mass is 278 g/mol. The van der Waals surface area contributed by atoms with Crippen LogP contribution in [0.5, 0.6) is 0 Å². The van der Waals surface area contributed by atoms with Crippen molar-refractivity contribution in [3.05, 3.63) is 24.4 Å². The van der Waals surface area contributed by atoms with Gasteiger partial charge in [0, 0.05) is 17.5 Å². The third-order valence-electron chi connectivity index (χ3n) is 3.94. The highest BCUT2D eigenvalue weighted by atomic mass is 32.2. The third kappa shape index (κ3) is 4.22. The summed E-state index contributed by atoms with van der Waals surface area (Å²) in [5.74, 6) is 1.59. The first-order chi connectivity index (χ1) is 9.20. The Labute approximate surface area is 121 Å². The SMILES string of the molecule is CCCNC1CC(C)CC(C)C1Sc1ccccn1. The summed E-state index contributed by atoms with van der Waals surface area (Å²) < 4.78 is 0. The minimum Gasteiger partial charge on any atom is -0.313 e. The molecule has 1 saturated carbocycles. The maximum absolute atomic E-state index is 4.48. The smallest absolute Gasteiger partial charge is 0.0963 e. The Balaban J connectivity index is 2.04. The Morgan fingerprint density at radius 2 is 2.16 bits per heavy atom. The van der Waals surface area contributed by atoms with Gasteiger partial charge in [0.05, 0.1) is 5.03 Å². The number of pyridine rings is 1. The second kappa shape index (κ2) is 7.30. The quantitative estimate of drug-likeness (QED) is 0.882. The first kappa shape index (κ1) is 14.9. The van der Waals surface area contributed by atoms with Crippen molar-refractivity contribution < 1.29 is 0 Å². The van der Waals surface area contributed by atoms with Crippen LogP contribution in [0.3, 0.4) is 0 Å². The van der Waals surface area contributed by atoms with Crippen molar-refractivity contribution in [3.63, 3.8) is 0 Å². The molecule has 1 aromatic rings. The lowest BCUT2D eigenvalue weighted by molar-refractivity contribution is 0.249. The molecule has 0 aromatic carbocycles. The molecule has 4 unspecified atom stereocenters. The van der Waals surface area contributed by atoms with E-state index >= 15 is 0 Å². The molecule has 1 N–H and O–H groups in total. The average molecular weight is 278 g/mol. The number of hydrogen-bond acceptors (Lipinski definition) is 3. The number of aromatic nitrogens is 1. The molecule has 0 radical (unpaired) electrons. The zero-order valence-electron chi connectivity index (χ0n) is 12.3. The molecular formula is C16H26N2S. The molecule has 0 spiro atoms. The zero-order chi connectivity index (χ0) is 13.7. The molecule has 1 fully saturated rings. The van der Waals surface area contributed by atoms with Crippen molar-refractivity contribution >= 4 is 11.8 Å². The van der Waals surface area contributed by atoms with E-state index in [1.54, 1.807) is 0 Å². The summed E-state index contributed by atoms with van der Waals surface area (Å²) in [5.41, 5.74) is 0. The molecule has 1 aromatic heterocycles.